The molecule has 0 saturated carbocycles. The van der Waals surface area contributed by atoms with Crippen LogP contribution in [0.5, 0.6) is 0 Å². The molecule has 0 radical (unpaired) electrons. The average Bonchev–Trinajstić information content (AvgIpc) is 3.19. The van der Waals surface area contributed by atoms with E-state index in [0.29, 0.717) is 0 Å². The monoisotopic (exact) mass is 388 g/mol. The van der Waals surface area contributed by atoms with Crippen LogP contribution in [0.25, 0.3) is 10.9 Å². The summed E-state index contributed by atoms with van der Waals surface area (Å²) in [5.41, 5.74) is 5.96. The Morgan fingerprint density at radius 3 is 2.83 bits per heavy atom. The first-order valence-corrected chi connectivity index (χ1v) is 10.7. The van der Waals surface area contributed by atoms with Crippen molar-refractivity contribution in [1.29, 1.82) is 0 Å². The summed E-state index contributed by atoms with van der Waals surface area (Å²) in [6.45, 7) is 7.09. The van der Waals surface area contributed by atoms with E-state index in [1.54, 1.807) is 6.33 Å². The second-order valence-corrected chi connectivity index (χ2v) is 7.87. The molecule has 0 aliphatic carbocycles. The predicted molar refractivity (Wildman–Crippen MR) is 121 cm³/mol. The van der Waals surface area contributed by atoms with Crippen LogP contribution < -0.4 is 20.4 Å². The molecule has 6 nitrogen and oxygen atoms in total. The zero-order chi connectivity index (χ0) is 19.6. The van der Waals surface area contributed by atoms with Gasteiger partial charge in [-0.1, -0.05) is 12.1 Å². The third-order valence-corrected chi connectivity index (χ3v) is 6.03. The standard InChI is InChI=1S/C23H28N6/c1-2-28-16-27-21-12-19-20(13-22(21)28)25-15-26-23(19)24-14-17-7-6-8-18(11-17)29-9-4-3-5-10-29/h6-8,11-13,15,27H,2-5,9-10,14,16H2,1H3,(H,24,25,26). The maximum absolute atomic E-state index is 4.52. The van der Waals surface area contributed by atoms with Crippen LogP contribution in [0, 0.1) is 0 Å². The van der Waals surface area contributed by atoms with E-state index in [0.717, 1.165) is 42.2 Å². The molecule has 1 aromatic heterocycles. The molecule has 150 valence electrons. The minimum atomic E-state index is 0.749. The molecule has 3 heterocycles. The first-order chi connectivity index (χ1) is 14.3. The van der Waals surface area contributed by atoms with Crippen LogP contribution in [0.3, 0.4) is 0 Å². The zero-order valence-electron chi connectivity index (χ0n) is 17.0. The van der Waals surface area contributed by atoms with Crippen molar-refractivity contribution in [3.8, 4) is 0 Å². The molecular formula is C23H28N6. The number of fused-ring (bicyclic) bond motifs is 2. The van der Waals surface area contributed by atoms with E-state index >= 15 is 0 Å². The molecule has 0 bridgehead atoms. The van der Waals surface area contributed by atoms with Gasteiger partial charge in [0.1, 0.15) is 12.1 Å². The van der Waals surface area contributed by atoms with E-state index in [1.807, 2.05) is 0 Å². The quantitative estimate of drug-likeness (QED) is 0.674. The molecule has 0 unspecified atom stereocenters. The van der Waals surface area contributed by atoms with Gasteiger partial charge < -0.3 is 20.4 Å². The van der Waals surface area contributed by atoms with E-state index in [2.05, 4.69) is 73.7 Å². The molecule has 2 aliphatic heterocycles. The number of hydrogen-bond acceptors (Lipinski definition) is 6. The number of rotatable bonds is 5. The summed E-state index contributed by atoms with van der Waals surface area (Å²) in [4.78, 5) is 13.8. The number of piperidine rings is 1. The minimum Gasteiger partial charge on any atom is -0.372 e. The van der Waals surface area contributed by atoms with E-state index < -0.39 is 0 Å². The highest BCUT2D eigenvalue weighted by molar-refractivity contribution is 5.97. The number of anilines is 4. The maximum atomic E-state index is 4.52. The second-order valence-electron chi connectivity index (χ2n) is 7.87. The van der Waals surface area contributed by atoms with Crippen molar-refractivity contribution < 1.29 is 0 Å². The van der Waals surface area contributed by atoms with Crippen molar-refractivity contribution in [2.75, 3.05) is 46.7 Å². The Bertz CT molecular complexity index is 1010. The van der Waals surface area contributed by atoms with Crippen molar-refractivity contribution >= 4 is 33.8 Å². The smallest absolute Gasteiger partial charge is 0.137 e. The third-order valence-electron chi connectivity index (χ3n) is 6.03. The van der Waals surface area contributed by atoms with Crippen molar-refractivity contribution in [1.82, 2.24) is 9.97 Å². The van der Waals surface area contributed by atoms with Gasteiger partial charge in [-0.3, -0.25) is 0 Å². The summed E-state index contributed by atoms with van der Waals surface area (Å²) in [7, 11) is 0. The molecule has 6 heteroatoms. The Hall–Kier alpha value is -3.02. The summed E-state index contributed by atoms with van der Waals surface area (Å²) in [6, 6.07) is 13.2. The molecular weight excluding hydrogens is 360 g/mol. The van der Waals surface area contributed by atoms with Gasteiger partial charge in [-0.25, -0.2) is 9.97 Å². The number of aromatic nitrogens is 2. The fourth-order valence-electron chi connectivity index (χ4n) is 4.39. The molecule has 3 aromatic rings. The topological polar surface area (TPSA) is 56.3 Å². The van der Waals surface area contributed by atoms with Gasteiger partial charge in [0, 0.05) is 37.3 Å². The van der Waals surface area contributed by atoms with E-state index in [1.165, 1.54) is 49.3 Å². The van der Waals surface area contributed by atoms with Crippen LogP contribution >= 0.6 is 0 Å². The molecule has 1 fully saturated rings. The highest BCUT2D eigenvalue weighted by Crippen LogP contribution is 2.36. The predicted octanol–water partition coefficient (Wildman–Crippen LogP) is 4.44. The van der Waals surface area contributed by atoms with Gasteiger partial charge in [0.05, 0.1) is 23.6 Å². The van der Waals surface area contributed by atoms with Crippen LogP contribution in [-0.4, -0.2) is 36.3 Å². The summed E-state index contributed by atoms with van der Waals surface area (Å²) in [5, 5.41) is 8.07. The lowest BCUT2D eigenvalue weighted by Crippen LogP contribution is -2.29. The summed E-state index contributed by atoms with van der Waals surface area (Å²) >= 11 is 0. The number of nitrogens with zero attached hydrogens (tertiary/aromatic N) is 4. The number of hydrogen-bond donors (Lipinski definition) is 2. The first kappa shape index (κ1) is 18.0. The highest BCUT2D eigenvalue weighted by Gasteiger charge is 2.19. The Labute approximate surface area is 172 Å². The average molecular weight is 389 g/mol. The first-order valence-electron chi connectivity index (χ1n) is 10.7. The van der Waals surface area contributed by atoms with Gasteiger partial charge in [-0.2, -0.15) is 0 Å². The SMILES string of the molecule is CCN1CNc2cc3c(NCc4cccc(N5CCCCC5)c4)ncnc3cc21. The Balaban J connectivity index is 1.37. The van der Waals surface area contributed by atoms with Gasteiger partial charge >= 0.3 is 0 Å². The van der Waals surface area contributed by atoms with Crippen molar-refractivity contribution in [3.05, 3.63) is 48.3 Å². The van der Waals surface area contributed by atoms with Crippen molar-refractivity contribution in [3.63, 3.8) is 0 Å². The normalized spacial score (nSPS) is 16.0. The Morgan fingerprint density at radius 2 is 1.97 bits per heavy atom. The van der Waals surface area contributed by atoms with E-state index in [-0.39, 0.29) is 0 Å². The minimum absolute atomic E-state index is 0.749. The third kappa shape index (κ3) is 3.55. The lowest BCUT2D eigenvalue weighted by molar-refractivity contribution is 0.578. The fourth-order valence-corrected chi connectivity index (χ4v) is 4.39. The van der Waals surface area contributed by atoms with Crippen LogP contribution in [-0.2, 0) is 6.54 Å². The lowest BCUT2D eigenvalue weighted by Gasteiger charge is -2.29. The molecule has 1 saturated heterocycles. The summed E-state index contributed by atoms with van der Waals surface area (Å²) in [6.07, 6.45) is 5.60. The lowest BCUT2D eigenvalue weighted by atomic mass is 10.1. The number of benzene rings is 2. The van der Waals surface area contributed by atoms with E-state index in [9.17, 15) is 0 Å². The summed E-state index contributed by atoms with van der Waals surface area (Å²) in [5.74, 6) is 0.887. The van der Waals surface area contributed by atoms with Crippen LogP contribution in [0.4, 0.5) is 22.9 Å². The molecule has 2 aromatic carbocycles. The fraction of sp³-hybridized carbons (Fsp3) is 0.391. The van der Waals surface area contributed by atoms with Crippen LogP contribution in [0.1, 0.15) is 31.7 Å². The van der Waals surface area contributed by atoms with Gasteiger partial charge in [-0.15, -0.1) is 0 Å². The van der Waals surface area contributed by atoms with Crippen molar-refractivity contribution in [2.45, 2.75) is 32.7 Å². The van der Waals surface area contributed by atoms with Gasteiger partial charge in [0.25, 0.3) is 0 Å². The maximum Gasteiger partial charge on any atom is 0.137 e. The largest absolute Gasteiger partial charge is 0.372 e. The Morgan fingerprint density at radius 1 is 1.07 bits per heavy atom. The molecule has 29 heavy (non-hydrogen) atoms. The molecule has 0 amide bonds. The van der Waals surface area contributed by atoms with Gasteiger partial charge in [-0.05, 0) is 56.0 Å². The van der Waals surface area contributed by atoms with Gasteiger partial charge in [0.2, 0.25) is 0 Å². The van der Waals surface area contributed by atoms with E-state index in [4.69, 9.17) is 0 Å². The van der Waals surface area contributed by atoms with Gasteiger partial charge in [0.15, 0.2) is 0 Å². The molecule has 2 aliphatic rings. The molecule has 5 rings (SSSR count). The van der Waals surface area contributed by atoms with Crippen molar-refractivity contribution in [2.24, 2.45) is 0 Å². The summed E-state index contributed by atoms with van der Waals surface area (Å²) < 4.78 is 0. The van der Waals surface area contributed by atoms with Crippen LogP contribution in [0.2, 0.25) is 0 Å². The molecule has 2 N–H and O–H groups in total. The Kier molecular flexibility index (Phi) is 4.84. The molecule has 0 atom stereocenters. The van der Waals surface area contributed by atoms with Crippen LogP contribution in [0.15, 0.2) is 42.7 Å². The highest BCUT2D eigenvalue weighted by atomic mass is 15.3. The molecule has 0 spiro atoms. The number of nitrogens with one attached hydrogen (secondary N) is 2. The second kappa shape index (κ2) is 7.78. The zero-order valence-corrected chi connectivity index (χ0v) is 17.0.